The molecule has 3 aliphatic rings. The molecule has 0 saturated heterocycles. The molecule has 0 bridgehead atoms. The second-order valence-electron chi connectivity index (χ2n) is 8.19. The summed E-state index contributed by atoms with van der Waals surface area (Å²) in [5.41, 5.74) is 1.69. The van der Waals surface area contributed by atoms with Crippen LogP contribution < -0.4 is 20.1 Å². The van der Waals surface area contributed by atoms with E-state index in [1.165, 1.54) is 35.9 Å². The largest absolute Gasteiger partial charge is 0.463 e. The Morgan fingerprint density at radius 2 is 2.03 bits per heavy atom. The number of benzene rings is 1. The summed E-state index contributed by atoms with van der Waals surface area (Å²) < 4.78 is 16.9. The number of thioether (sulfide) groups is 1. The molecule has 2 aliphatic heterocycles. The molecule has 178 valence electrons. The molecule has 2 amide bonds. The van der Waals surface area contributed by atoms with Gasteiger partial charge in [-0.25, -0.2) is 9.59 Å². The SMILES string of the molecule is CCOC(=O)C1=C(CSC(=S)NC2CCCCC2)N(C)C(=O)NC1c1ccc2c(c1)OCO2. The maximum absolute atomic E-state index is 13.1. The molecular formula is C23H29N3O5S2. The van der Waals surface area contributed by atoms with Crippen LogP contribution >= 0.6 is 24.0 Å². The van der Waals surface area contributed by atoms with Crippen molar-refractivity contribution >= 4 is 40.3 Å². The number of thiocarbonyl (C=S) groups is 1. The molecular weight excluding hydrogens is 462 g/mol. The van der Waals surface area contributed by atoms with Gasteiger partial charge in [0.2, 0.25) is 6.79 Å². The zero-order valence-electron chi connectivity index (χ0n) is 18.8. The molecule has 1 unspecified atom stereocenters. The third-order valence-corrected chi connectivity index (χ3v) is 7.34. The Morgan fingerprint density at radius 1 is 1.27 bits per heavy atom. The van der Waals surface area contributed by atoms with Crippen LogP contribution in [0.25, 0.3) is 0 Å². The summed E-state index contributed by atoms with van der Waals surface area (Å²) in [6, 6.07) is 4.82. The molecule has 1 aromatic rings. The minimum atomic E-state index is -0.669. The number of fused-ring (bicyclic) bond motifs is 1. The Morgan fingerprint density at radius 3 is 2.79 bits per heavy atom. The van der Waals surface area contributed by atoms with E-state index in [-0.39, 0.29) is 19.4 Å². The van der Waals surface area contributed by atoms with Crippen LogP contribution in [-0.4, -0.2) is 53.5 Å². The quantitative estimate of drug-likeness (QED) is 0.458. The lowest BCUT2D eigenvalue weighted by atomic mass is 9.94. The second-order valence-corrected chi connectivity index (χ2v) is 9.84. The van der Waals surface area contributed by atoms with Crippen LogP contribution in [-0.2, 0) is 9.53 Å². The molecule has 1 saturated carbocycles. The van der Waals surface area contributed by atoms with Gasteiger partial charge >= 0.3 is 12.0 Å². The fraction of sp³-hybridized carbons (Fsp3) is 0.522. The molecule has 4 rings (SSSR count). The monoisotopic (exact) mass is 491 g/mol. The summed E-state index contributed by atoms with van der Waals surface area (Å²) in [4.78, 5) is 27.4. The number of hydrogen-bond acceptors (Lipinski definition) is 7. The van der Waals surface area contributed by atoms with E-state index >= 15 is 0 Å². The van der Waals surface area contributed by atoms with Crippen molar-refractivity contribution in [1.82, 2.24) is 15.5 Å². The predicted molar refractivity (Wildman–Crippen MR) is 130 cm³/mol. The third kappa shape index (κ3) is 5.38. The van der Waals surface area contributed by atoms with Crippen LogP contribution in [0.3, 0.4) is 0 Å². The van der Waals surface area contributed by atoms with Crippen molar-refractivity contribution in [3.63, 3.8) is 0 Å². The number of nitrogens with one attached hydrogen (secondary N) is 2. The Hall–Kier alpha value is -2.46. The van der Waals surface area contributed by atoms with Crippen molar-refractivity contribution in [2.45, 2.75) is 51.1 Å². The van der Waals surface area contributed by atoms with Gasteiger partial charge in [0.25, 0.3) is 0 Å². The van der Waals surface area contributed by atoms with Crippen molar-refractivity contribution in [2.24, 2.45) is 0 Å². The van der Waals surface area contributed by atoms with Gasteiger partial charge < -0.3 is 24.8 Å². The molecule has 1 aliphatic carbocycles. The van der Waals surface area contributed by atoms with E-state index in [2.05, 4.69) is 10.6 Å². The Labute approximate surface area is 203 Å². The van der Waals surface area contributed by atoms with E-state index in [0.717, 1.165) is 12.8 Å². The van der Waals surface area contributed by atoms with Crippen molar-refractivity contribution in [1.29, 1.82) is 0 Å². The van der Waals surface area contributed by atoms with Gasteiger partial charge in [0.15, 0.2) is 11.5 Å². The lowest BCUT2D eigenvalue weighted by Gasteiger charge is -2.34. The van der Waals surface area contributed by atoms with E-state index in [0.29, 0.717) is 44.4 Å². The molecule has 0 aromatic heterocycles. The van der Waals surface area contributed by atoms with Gasteiger partial charge in [-0.2, -0.15) is 0 Å². The van der Waals surface area contributed by atoms with Gasteiger partial charge in [0, 0.05) is 24.5 Å². The second kappa shape index (κ2) is 10.6. The first-order valence-corrected chi connectivity index (χ1v) is 12.6. The average molecular weight is 492 g/mol. The van der Waals surface area contributed by atoms with E-state index in [1.807, 2.05) is 6.07 Å². The van der Waals surface area contributed by atoms with Crippen LogP contribution in [0, 0.1) is 0 Å². The van der Waals surface area contributed by atoms with Gasteiger partial charge in [-0.3, -0.25) is 4.90 Å². The highest BCUT2D eigenvalue weighted by atomic mass is 32.2. The van der Waals surface area contributed by atoms with Crippen LogP contribution in [0.1, 0.15) is 50.6 Å². The van der Waals surface area contributed by atoms with Gasteiger partial charge in [-0.05, 0) is 37.5 Å². The maximum atomic E-state index is 13.1. The first-order chi connectivity index (χ1) is 16.0. The van der Waals surface area contributed by atoms with Crippen LogP contribution in [0.15, 0.2) is 29.5 Å². The number of carbonyl (C=O) groups is 2. The van der Waals surface area contributed by atoms with E-state index in [1.54, 1.807) is 26.1 Å². The average Bonchev–Trinajstić information content (AvgIpc) is 3.28. The fourth-order valence-electron chi connectivity index (χ4n) is 4.31. The standard InChI is InChI=1S/C23H29N3O5S2/c1-3-29-21(27)19-16(12-33-23(32)24-15-7-5-4-6-8-15)26(2)22(28)25-20(19)14-9-10-17-18(11-14)31-13-30-17/h9-11,15,20H,3-8,12-13H2,1-2H3,(H,24,32)(H,25,28). The van der Waals surface area contributed by atoms with E-state index in [4.69, 9.17) is 26.4 Å². The molecule has 1 atom stereocenters. The summed E-state index contributed by atoms with van der Waals surface area (Å²) in [7, 11) is 1.65. The van der Waals surface area contributed by atoms with Gasteiger partial charge in [0.1, 0.15) is 4.32 Å². The fourth-order valence-corrected chi connectivity index (χ4v) is 5.52. The van der Waals surface area contributed by atoms with Crippen LogP contribution in [0.2, 0.25) is 0 Å². The van der Waals surface area contributed by atoms with Gasteiger partial charge in [-0.1, -0.05) is 49.3 Å². The first-order valence-electron chi connectivity index (χ1n) is 11.2. The highest BCUT2D eigenvalue weighted by molar-refractivity contribution is 8.23. The molecule has 0 spiro atoms. The maximum Gasteiger partial charge on any atom is 0.338 e. The smallest absolute Gasteiger partial charge is 0.338 e. The molecule has 33 heavy (non-hydrogen) atoms. The first kappa shape index (κ1) is 23.7. The summed E-state index contributed by atoms with van der Waals surface area (Å²) in [6.45, 7) is 2.14. The Balaban J connectivity index is 1.60. The van der Waals surface area contributed by atoms with Crippen molar-refractivity contribution in [3.8, 4) is 11.5 Å². The highest BCUT2D eigenvalue weighted by Crippen LogP contribution is 2.38. The molecule has 10 heteroatoms. The topological polar surface area (TPSA) is 89.1 Å². The number of rotatable bonds is 6. The highest BCUT2D eigenvalue weighted by Gasteiger charge is 2.37. The molecule has 2 heterocycles. The number of esters is 1. The number of nitrogens with zero attached hydrogens (tertiary/aromatic N) is 1. The molecule has 0 radical (unpaired) electrons. The van der Waals surface area contributed by atoms with Gasteiger partial charge in [-0.15, -0.1) is 0 Å². The number of hydrogen-bond donors (Lipinski definition) is 2. The third-order valence-electron chi connectivity index (χ3n) is 6.07. The van der Waals surface area contributed by atoms with E-state index in [9.17, 15) is 9.59 Å². The molecule has 2 N–H and O–H groups in total. The normalized spacial score (nSPS) is 20.5. The number of carbonyl (C=O) groups excluding carboxylic acids is 2. The molecule has 1 aromatic carbocycles. The van der Waals surface area contributed by atoms with Crippen molar-refractivity contribution in [3.05, 3.63) is 35.0 Å². The molecule has 8 nitrogen and oxygen atoms in total. The predicted octanol–water partition coefficient (Wildman–Crippen LogP) is 3.87. The van der Waals surface area contributed by atoms with Gasteiger partial charge in [0.05, 0.1) is 18.2 Å². The van der Waals surface area contributed by atoms with E-state index < -0.39 is 12.0 Å². The number of urea groups is 1. The summed E-state index contributed by atoms with van der Waals surface area (Å²) in [5.74, 6) is 1.12. The Bertz CT molecular complexity index is 961. The Kier molecular flexibility index (Phi) is 7.64. The van der Waals surface area contributed by atoms with Crippen molar-refractivity contribution < 1.29 is 23.8 Å². The number of amides is 2. The van der Waals surface area contributed by atoms with Crippen LogP contribution in [0.5, 0.6) is 11.5 Å². The zero-order chi connectivity index (χ0) is 23.4. The van der Waals surface area contributed by atoms with Crippen molar-refractivity contribution in [2.75, 3.05) is 26.2 Å². The minimum absolute atomic E-state index is 0.145. The lowest BCUT2D eigenvalue weighted by molar-refractivity contribution is -0.139. The summed E-state index contributed by atoms with van der Waals surface area (Å²) in [6.07, 6.45) is 5.93. The molecule has 1 fully saturated rings. The zero-order valence-corrected chi connectivity index (χ0v) is 20.5. The summed E-state index contributed by atoms with van der Waals surface area (Å²) in [5, 5.41) is 6.35. The van der Waals surface area contributed by atoms with Crippen LogP contribution in [0.4, 0.5) is 4.79 Å². The minimum Gasteiger partial charge on any atom is -0.463 e. The number of ether oxygens (including phenoxy) is 3. The summed E-state index contributed by atoms with van der Waals surface area (Å²) >= 11 is 6.99. The lowest BCUT2D eigenvalue weighted by Crippen LogP contribution is -2.47.